The monoisotopic (exact) mass is 194 g/mol. The predicted octanol–water partition coefficient (Wildman–Crippen LogP) is -1.75. The lowest BCUT2D eigenvalue weighted by Gasteiger charge is -1.98. The molecule has 1 aromatic heterocycles. The molecule has 2 nitrogen and oxygen atoms in total. The first-order valence-corrected chi connectivity index (χ1v) is 3.91. The third-order valence-corrected chi connectivity index (χ3v) is 1.99. The third kappa shape index (κ3) is 1.73. The Hall–Kier alpha value is -1.28. The van der Waals surface area contributed by atoms with E-state index in [4.69, 9.17) is 5.73 Å². The molecule has 0 spiro atoms. The molecule has 0 saturated heterocycles. The molecular weight excluding hydrogens is 184 g/mol. The zero-order chi connectivity index (χ0) is 8.55. The van der Waals surface area contributed by atoms with Gasteiger partial charge in [-0.05, 0) is 12.1 Å². The summed E-state index contributed by atoms with van der Waals surface area (Å²) in [5.41, 5.74) is 6.64. The van der Waals surface area contributed by atoms with Gasteiger partial charge in [0.15, 0.2) is 12.4 Å². The van der Waals surface area contributed by atoms with Crippen molar-refractivity contribution in [1.29, 1.82) is 0 Å². The highest BCUT2D eigenvalue weighted by molar-refractivity contribution is 5.91. The number of aromatic nitrogens is 1. The fraction of sp³-hybridized carbons (Fsp3) is 0.100. The molecule has 0 aliphatic heterocycles. The van der Waals surface area contributed by atoms with E-state index in [-0.39, 0.29) is 12.4 Å². The molecule has 0 aliphatic rings. The highest BCUT2D eigenvalue weighted by Gasteiger charge is 1.99. The zero-order valence-electron chi connectivity index (χ0n) is 7.37. The van der Waals surface area contributed by atoms with E-state index in [1.54, 1.807) is 0 Å². The van der Waals surface area contributed by atoms with Gasteiger partial charge in [-0.2, -0.15) is 0 Å². The van der Waals surface area contributed by atoms with Crippen LogP contribution in [0.4, 0.5) is 5.69 Å². The van der Waals surface area contributed by atoms with Crippen molar-refractivity contribution in [3.8, 4) is 0 Å². The van der Waals surface area contributed by atoms with Crippen LogP contribution in [-0.4, -0.2) is 0 Å². The molecule has 0 fully saturated rings. The maximum Gasteiger partial charge on any atom is 0.176 e. The molecule has 13 heavy (non-hydrogen) atoms. The summed E-state index contributed by atoms with van der Waals surface area (Å²) in [6.45, 7) is 0. The minimum absolute atomic E-state index is 0. The highest BCUT2D eigenvalue weighted by atomic mass is 35.5. The molecule has 3 heteroatoms. The first-order chi connectivity index (χ1) is 5.77. The minimum atomic E-state index is 0. The van der Waals surface area contributed by atoms with Gasteiger partial charge in [-0.1, -0.05) is 6.07 Å². The molecule has 0 amide bonds. The second-order valence-electron chi connectivity index (χ2n) is 2.96. The van der Waals surface area contributed by atoms with Gasteiger partial charge in [0.25, 0.3) is 0 Å². The fourth-order valence-electron chi connectivity index (χ4n) is 1.36. The van der Waals surface area contributed by atoms with E-state index in [2.05, 4.69) is 12.3 Å². The lowest BCUT2D eigenvalue weighted by atomic mass is 10.1. The zero-order valence-corrected chi connectivity index (χ0v) is 8.12. The molecule has 0 bridgehead atoms. The van der Waals surface area contributed by atoms with Crippen LogP contribution in [-0.2, 0) is 7.05 Å². The van der Waals surface area contributed by atoms with Crippen molar-refractivity contribution in [2.75, 3.05) is 5.73 Å². The van der Waals surface area contributed by atoms with E-state index >= 15 is 0 Å². The van der Waals surface area contributed by atoms with Crippen LogP contribution in [0.25, 0.3) is 10.8 Å². The van der Waals surface area contributed by atoms with Gasteiger partial charge in [-0.3, -0.25) is 0 Å². The van der Waals surface area contributed by atoms with Crippen LogP contribution in [0.3, 0.4) is 0 Å². The van der Waals surface area contributed by atoms with Crippen LogP contribution in [0.5, 0.6) is 0 Å². The summed E-state index contributed by atoms with van der Waals surface area (Å²) in [5.74, 6) is 0. The van der Waals surface area contributed by atoms with Crippen LogP contribution >= 0.6 is 0 Å². The van der Waals surface area contributed by atoms with Crippen LogP contribution in [0.15, 0.2) is 36.7 Å². The third-order valence-electron chi connectivity index (χ3n) is 1.99. The molecule has 2 rings (SSSR count). The number of hydrogen-bond acceptors (Lipinski definition) is 1. The molecule has 1 aromatic carbocycles. The molecule has 0 saturated carbocycles. The fourth-order valence-corrected chi connectivity index (χ4v) is 1.36. The number of nitrogens with two attached hydrogens (primary N) is 1. The van der Waals surface area contributed by atoms with Crippen LogP contribution < -0.4 is 22.7 Å². The summed E-state index contributed by atoms with van der Waals surface area (Å²) in [6.07, 6.45) is 4.06. The van der Waals surface area contributed by atoms with E-state index in [1.807, 2.05) is 36.0 Å². The maximum absolute atomic E-state index is 5.80. The van der Waals surface area contributed by atoms with Gasteiger partial charge in [-0.15, -0.1) is 0 Å². The topological polar surface area (TPSA) is 29.9 Å². The summed E-state index contributed by atoms with van der Waals surface area (Å²) in [6, 6.07) is 7.98. The smallest absolute Gasteiger partial charge is 0.176 e. The van der Waals surface area contributed by atoms with Gasteiger partial charge in [0, 0.05) is 22.5 Å². The van der Waals surface area contributed by atoms with Crippen molar-refractivity contribution < 1.29 is 17.0 Å². The van der Waals surface area contributed by atoms with Gasteiger partial charge < -0.3 is 18.1 Å². The number of nitrogens with zero attached hydrogens (tertiary/aromatic N) is 1. The number of rotatable bonds is 0. The summed E-state index contributed by atoms with van der Waals surface area (Å²) in [5, 5.41) is 2.30. The van der Waals surface area contributed by atoms with Gasteiger partial charge in [-0.25, -0.2) is 4.57 Å². The van der Waals surface area contributed by atoms with Gasteiger partial charge in [0.1, 0.15) is 7.05 Å². The Morgan fingerprint density at radius 2 is 2.00 bits per heavy atom. The maximum atomic E-state index is 5.80. The summed E-state index contributed by atoms with van der Waals surface area (Å²) in [4.78, 5) is 0. The SMILES string of the molecule is C[n+]1ccc2c(N)cccc2c1.[Cl-]. The van der Waals surface area contributed by atoms with E-state index in [9.17, 15) is 0 Å². The summed E-state index contributed by atoms with van der Waals surface area (Å²) < 4.78 is 2.02. The number of benzene rings is 1. The minimum Gasteiger partial charge on any atom is -1.00 e. The average Bonchev–Trinajstić information content (AvgIpc) is 2.04. The number of nitrogen functional groups attached to an aromatic ring is 1. The largest absolute Gasteiger partial charge is 1.00 e. The van der Waals surface area contributed by atoms with Crippen LogP contribution in [0.1, 0.15) is 0 Å². The number of halogens is 1. The Morgan fingerprint density at radius 3 is 2.77 bits per heavy atom. The van der Waals surface area contributed by atoms with Crippen LogP contribution in [0, 0.1) is 0 Å². The first-order valence-electron chi connectivity index (χ1n) is 3.91. The Labute approximate surface area is 83.4 Å². The van der Waals surface area contributed by atoms with Crippen molar-refractivity contribution in [3.63, 3.8) is 0 Å². The number of hydrogen-bond donors (Lipinski definition) is 1. The second kappa shape index (κ2) is 3.62. The van der Waals surface area contributed by atoms with Crippen molar-refractivity contribution in [2.24, 2.45) is 7.05 Å². The molecule has 0 aliphatic carbocycles. The lowest BCUT2D eigenvalue weighted by Crippen LogP contribution is -3.00. The molecule has 2 aromatic rings. The van der Waals surface area contributed by atoms with Crippen molar-refractivity contribution in [3.05, 3.63) is 36.7 Å². The Balaban J connectivity index is 0.000000845. The van der Waals surface area contributed by atoms with E-state index in [0.717, 1.165) is 11.1 Å². The van der Waals surface area contributed by atoms with Gasteiger partial charge in [0.2, 0.25) is 0 Å². The Morgan fingerprint density at radius 1 is 1.23 bits per heavy atom. The average molecular weight is 195 g/mol. The molecule has 1 heterocycles. The molecular formula is C10H11ClN2. The predicted molar refractivity (Wildman–Crippen MR) is 49.5 cm³/mol. The lowest BCUT2D eigenvalue weighted by molar-refractivity contribution is -0.670. The van der Waals surface area contributed by atoms with Gasteiger partial charge >= 0.3 is 0 Å². The second-order valence-corrected chi connectivity index (χ2v) is 2.96. The Bertz CT molecular complexity index is 426. The number of fused-ring (bicyclic) bond motifs is 1. The molecule has 0 unspecified atom stereocenters. The molecule has 2 N–H and O–H groups in total. The number of anilines is 1. The number of aryl methyl sites for hydroxylation is 1. The first kappa shape index (κ1) is 9.81. The normalized spacial score (nSPS) is 9.62. The summed E-state index contributed by atoms with van der Waals surface area (Å²) in [7, 11) is 2.00. The molecule has 68 valence electrons. The molecule has 0 atom stereocenters. The Kier molecular flexibility index (Phi) is 2.73. The van der Waals surface area contributed by atoms with Gasteiger partial charge in [0.05, 0.1) is 0 Å². The van der Waals surface area contributed by atoms with E-state index in [1.165, 1.54) is 5.39 Å². The van der Waals surface area contributed by atoms with Crippen molar-refractivity contribution >= 4 is 16.5 Å². The standard InChI is InChI=1S/C10H11N2.ClH/c1-12-6-5-9-8(7-12)3-2-4-10(9)11;/h2-7H,11H2,1H3;1H/q+1;/p-1. The molecule has 0 radical (unpaired) electrons. The quantitative estimate of drug-likeness (QED) is 0.391. The number of pyridine rings is 1. The van der Waals surface area contributed by atoms with E-state index in [0.29, 0.717) is 0 Å². The van der Waals surface area contributed by atoms with Crippen molar-refractivity contribution in [1.82, 2.24) is 0 Å². The highest BCUT2D eigenvalue weighted by Crippen LogP contribution is 2.17. The van der Waals surface area contributed by atoms with Crippen LogP contribution in [0.2, 0.25) is 0 Å². The van der Waals surface area contributed by atoms with E-state index < -0.39 is 0 Å². The summed E-state index contributed by atoms with van der Waals surface area (Å²) >= 11 is 0. The van der Waals surface area contributed by atoms with Crippen molar-refractivity contribution in [2.45, 2.75) is 0 Å².